The maximum Gasteiger partial charge on any atom is 0.0891 e. The Morgan fingerprint density at radius 3 is 2.27 bits per heavy atom. The highest BCUT2D eigenvalue weighted by atomic mass is 32.1. The molecule has 0 fully saturated rings. The van der Waals surface area contributed by atoms with Gasteiger partial charge in [-0.1, -0.05) is 46.5 Å². The van der Waals surface area contributed by atoms with Crippen LogP contribution in [0.2, 0.25) is 0 Å². The molecule has 2 N–H and O–H groups in total. The number of aliphatic hydroxyl groups is 2. The van der Waals surface area contributed by atoms with E-state index < -0.39 is 6.10 Å². The van der Waals surface area contributed by atoms with E-state index in [4.69, 9.17) is 5.11 Å². The Morgan fingerprint density at radius 1 is 1.20 bits per heavy atom. The van der Waals surface area contributed by atoms with E-state index in [0.29, 0.717) is 0 Å². The fourth-order valence-electron chi connectivity index (χ4n) is 1.78. The van der Waals surface area contributed by atoms with E-state index in [1.54, 1.807) is 0 Å². The van der Waals surface area contributed by atoms with Crippen molar-refractivity contribution in [3.8, 4) is 0 Å². The number of rotatable bonds is 8. The Kier molecular flexibility index (Phi) is 7.66. The first-order valence-electron chi connectivity index (χ1n) is 5.92. The average Bonchev–Trinajstić information content (AvgIpc) is 2.22. The maximum atomic E-state index is 9.54. The molecule has 0 spiro atoms. The number of unbranched alkanes of at least 4 members (excludes halogenated alkanes) is 3. The molecule has 2 atom stereocenters. The molecule has 0 saturated heterocycles. The zero-order chi connectivity index (χ0) is 11.9. The lowest BCUT2D eigenvalue weighted by Crippen LogP contribution is -2.37. The highest BCUT2D eigenvalue weighted by Gasteiger charge is 2.31. The normalized spacial score (nSPS) is 16.4. The minimum absolute atomic E-state index is 0.0149. The fourth-order valence-corrected chi connectivity index (χ4v) is 2.00. The molecule has 0 saturated carbocycles. The van der Waals surface area contributed by atoms with Crippen molar-refractivity contribution in [2.45, 2.75) is 64.2 Å². The molecular weight excluding hydrogens is 208 g/mol. The number of aliphatic hydroxyl groups excluding tert-OH is 2. The van der Waals surface area contributed by atoms with Crippen molar-refractivity contribution in [3.05, 3.63) is 0 Å². The van der Waals surface area contributed by atoms with Gasteiger partial charge in [-0.2, -0.15) is 12.6 Å². The molecule has 0 aliphatic carbocycles. The predicted molar refractivity (Wildman–Crippen MR) is 68.4 cm³/mol. The molecule has 0 aromatic rings. The van der Waals surface area contributed by atoms with E-state index in [2.05, 4.69) is 33.4 Å². The highest BCUT2D eigenvalue weighted by molar-refractivity contribution is 7.81. The van der Waals surface area contributed by atoms with Gasteiger partial charge in [-0.05, 0) is 11.8 Å². The summed E-state index contributed by atoms with van der Waals surface area (Å²) in [6.07, 6.45) is 5.28. The lowest BCUT2D eigenvalue weighted by Gasteiger charge is -2.33. The molecule has 0 aromatic heterocycles. The van der Waals surface area contributed by atoms with Crippen molar-refractivity contribution in [2.24, 2.45) is 5.41 Å². The summed E-state index contributed by atoms with van der Waals surface area (Å²) < 4.78 is 0. The predicted octanol–water partition coefficient (Wildman–Crippen LogP) is 2.63. The second-order valence-corrected chi connectivity index (χ2v) is 5.55. The van der Waals surface area contributed by atoms with E-state index in [9.17, 15) is 5.11 Å². The van der Waals surface area contributed by atoms with Gasteiger partial charge in [0, 0.05) is 5.25 Å². The molecule has 2 nitrogen and oxygen atoms in total. The van der Waals surface area contributed by atoms with Crippen molar-refractivity contribution in [3.63, 3.8) is 0 Å². The first-order valence-corrected chi connectivity index (χ1v) is 6.44. The van der Waals surface area contributed by atoms with Gasteiger partial charge in [0.2, 0.25) is 0 Å². The molecule has 3 heteroatoms. The monoisotopic (exact) mass is 234 g/mol. The fraction of sp³-hybridized carbons (Fsp3) is 1.00. The number of hydrogen-bond acceptors (Lipinski definition) is 3. The third kappa shape index (κ3) is 5.79. The van der Waals surface area contributed by atoms with Crippen LogP contribution < -0.4 is 0 Å². The van der Waals surface area contributed by atoms with Crippen LogP contribution in [-0.2, 0) is 0 Å². The topological polar surface area (TPSA) is 40.5 Å². The second-order valence-electron chi connectivity index (χ2n) is 4.99. The zero-order valence-corrected chi connectivity index (χ0v) is 11.1. The summed E-state index contributed by atoms with van der Waals surface area (Å²) in [5, 5.41) is 18.3. The average molecular weight is 234 g/mol. The molecule has 0 rings (SSSR count). The molecule has 0 heterocycles. The zero-order valence-electron chi connectivity index (χ0n) is 10.2. The Balaban J connectivity index is 3.93. The molecule has 0 bridgehead atoms. The van der Waals surface area contributed by atoms with Gasteiger partial charge < -0.3 is 10.2 Å². The maximum absolute atomic E-state index is 9.54. The number of hydrogen-bond donors (Lipinski definition) is 3. The van der Waals surface area contributed by atoms with Gasteiger partial charge in [-0.25, -0.2) is 0 Å². The van der Waals surface area contributed by atoms with Crippen molar-refractivity contribution >= 4 is 12.6 Å². The quantitative estimate of drug-likeness (QED) is 0.446. The Bertz CT molecular complexity index is 160. The van der Waals surface area contributed by atoms with Crippen molar-refractivity contribution in [2.75, 3.05) is 6.61 Å². The Hall–Kier alpha value is 0.270. The summed E-state index contributed by atoms with van der Waals surface area (Å²) in [7, 11) is 0. The van der Waals surface area contributed by atoms with E-state index in [1.165, 1.54) is 25.7 Å². The van der Waals surface area contributed by atoms with Crippen LogP contribution in [0.1, 0.15) is 52.9 Å². The molecule has 0 aliphatic rings. The molecule has 0 amide bonds. The second kappa shape index (κ2) is 7.53. The summed E-state index contributed by atoms with van der Waals surface area (Å²) >= 11 is 4.40. The van der Waals surface area contributed by atoms with Gasteiger partial charge in [0.1, 0.15) is 0 Å². The van der Waals surface area contributed by atoms with Crippen LogP contribution in [-0.4, -0.2) is 28.2 Å². The van der Waals surface area contributed by atoms with Gasteiger partial charge in [0.25, 0.3) is 0 Å². The van der Waals surface area contributed by atoms with Crippen LogP contribution in [0.5, 0.6) is 0 Å². The molecule has 2 unspecified atom stereocenters. The van der Waals surface area contributed by atoms with Gasteiger partial charge in [-0.3, -0.25) is 0 Å². The largest absolute Gasteiger partial charge is 0.394 e. The van der Waals surface area contributed by atoms with Crippen LogP contribution in [0.25, 0.3) is 0 Å². The minimum Gasteiger partial charge on any atom is -0.394 e. The van der Waals surface area contributed by atoms with Gasteiger partial charge in [0.05, 0.1) is 12.7 Å². The van der Waals surface area contributed by atoms with Crippen molar-refractivity contribution in [1.82, 2.24) is 0 Å². The molecule has 0 aliphatic heterocycles. The first kappa shape index (κ1) is 15.3. The highest BCUT2D eigenvalue weighted by Crippen LogP contribution is 2.33. The smallest absolute Gasteiger partial charge is 0.0891 e. The van der Waals surface area contributed by atoms with Gasteiger partial charge in [-0.15, -0.1) is 0 Å². The Morgan fingerprint density at radius 2 is 1.80 bits per heavy atom. The standard InChI is InChI=1S/C12H26O2S/c1-4-5-6-7-8-12(2,3)11(15)10(14)9-13/h10-11,13-15H,4-9H2,1-3H3. The molecule has 92 valence electrons. The van der Waals surface area contributed by atoms with Crippen LogP contribution >= 0.6 is 12.6 Å². The lowest BCUT2D eigenvalue weighted by atomic mass is 9.81. The van der Waals surface area contributed by atoms with Crippen molar-refractivity contribution in [1.29, 1.82) is 0 Å². The minimum atomic E-state index is -0.713. The van der Waals surface area contributed by atoms with Crippen molar-refractivity contribution < 1.29 is 10.2 Å². The van der Waals surface area contributed by atoms with E-state index in [0.717, 1.165) is 6.42 Å². The molecule has 0 aromatic carbocycles. The summed E-state index contributed by atoms with van der Waals surface area (Å²) in [5.41, 5.74) is -0.0149. The summed E-state index contributed by atoms with van der Waals surface area (Å²) in [6, 6.07) is 0. The van der Waals surface area contributed by atoms with Crippen LogP contribution in [0.15, 0.2) is 0 Å². The third-order valence-corrected chi connectivity index (χ3v) is 4.07. The Labute approximate surface area is 99.5 Å². The first-order chi connectivity index (χ1) is 6.95. The van der Waals surface area contributed by atoms with Gasteiger partial charge in [0.15, 0.2) is 0 Å². The van der Waals surface area contributed by atoms with E-state index in [-0.39, 0.29) is 17.3 Å². The van der Waals surface area contributed by atoms with E-state index in [1.807, 2.05) is 0 Å². The molecule has 0 radical (unpaired) electrons. The summed E-state index contributed by atoms with van der Waals surface area (Å²) in [4.78, 5) is 0. The van der Waals surface area contributed by atoms with Crippen LogP contribution in [0, 0.1) is 5.41 Å². The molecular formula is C12H26O2S. The molecule has 15 heavy (non-hydrogen) atoms. The van der Waals surface area contributed by atoms with Crippen LogP contribution in [0.3, 0.4) is 0 Å². The summed E-state index contributed by atoms with van der Waals surface area (Å²) in [6.45, 7) is 6.21. The van der Waals surface area contributed by atoms with Crippen LogP contribution in [0.4, 0.5) is 0 Å². The lowest BCUT2D eigenvalue weighted by molar-refractivity contribution is 0.0613. The summed E-state index contributed by atoms with van der Waals surface area (Å²) in [5.74, 6) is 0. The third-order valence-electron chi connectivity index (χ3n) is 3.03. The van der Waals surface area contributed by atoms with E-state index >= 15 is 0 Å². The number of thiol groups is 1. The SMILES string of the molecule is CCCCCCC(C)(C)C(S)C(O)CO. The van der Waals surface area contributed by atoms with Gasteiger partial charge >= 0.3 is 0 Å².